The monoisotopic (exact) mass is 635 g/mol. The standard InChI is InChI=1S/C22H20F6N2O2.2C2H4O2.Co/c23-21(24,25)15-4-6-19(31)13(8-15)11-29-17-2-1-3-18(10-17)30-12-14-9-16(22(26,27)28)5-7-20(14)32;2*1-2(3)4;/h4-9,11-12,17-18,31-32H,1-3,10H2;2*1H3,(H,3,4);/q;;;+2/p-2. The van der Waals surface area contributed by atoms with Crippen LogP contribution in [0.4, 0.5) is 26.3 Å². The largest absolute Gasteiger partial charge is 2.00 e. The summed E-state index contributed by atoms with van der Waals surface area (Å²) in [4.78, 5) is 26.3. The predicted molar refractivity (Wildman–Crippen MR) is 129 cm³/mol. The van der Waals surface area contributed by atoms with E-state index in [1.807, 2.05) is 0 Å². The minimum Gasteiger partial charge on any atom is -0.550 e. The molecule has 0 saturated heterocycles. The van der Waals surface area contributed by atoms with Gasteiger partial charge in [-0.15, -0.1) is 0 Å². The minimum atomic E-state index is -4.55. The molecule has 1 fully saturated rings. The number of carbonyl (C=O) groups excluding carboxylic acids is 2. The molecular weight excluding hydrogens is 609 g/mol. The second kappa shape index (κ2) is 16.6. The Morgan fingerprint density at radius 1 is 0.780 bits per heavy atom. The molecule has 0 aliphatic heterocycles. The van der Waals surface area contributed by atoms with Crippen LogP contribution in [0.2, 0.25) is 0 Å². The average Bonchev–Trinajstić information content (AvgIpc) is 2.81. The number of aliphatic carboxylic acids is 2. The van der Waals surface area contributed by atoms with Crippen molar-refractivity contribution in [3.05, 3.63) is 58.7 Å². The van der Waals surface area contributed by atoms with Crippen LogP contribution < -0.4 is 10.2 Å². The van der Waals surface area contributed by atoms with Gasteiger partial charge in [0.15, 0.2) is 0 Å². The topological polar surface area (TPSA) is 145 Å². The number of carbonyl (C=O) groups is 2. The maximum Gasteiger partial charge on any atom is 2.00 e. The number of nitrogens with zero attached hydrogens (tertiary/aromatic N) is 2. The van der Waals surface area contributed by atoms with Crippen LogP contribution in [0.3, 0.4) is 0 Å². The number of hydrogen-bond acceptors (Lipinski definition) is 8. The van der Waals surface area contributed by atoms with Gasteiger partial charge in [0.1, 0.15) is 11.5 Å². The molecule has 8 nitrogen and oxygen atoms in total. The molecule has 1 saturated carbocycles. The first-order chi connectivity index (χ1) is 18.4. The number of carboxylic acid groups (broad SMARTS) is 2. The molecule has 2 unspecified atom stereocenters. The Bertz CT molecular complexity index is 1120. The first-order valence-corrected chi connectivity index (χ1v) is 11.6. The van der Waals surface area contributed by atoms with Gasteiger partial charge in [-0.3, -0.25) is 9.98 Å². The van der Waals surface area contributed by atoms with Crippen LogP contribution in [-0.2, 0) is 38.7 Å². The summed E-state index contributed by atoms with van der Waals surface area (Å²) in [5.41, 5.74) is -1.91. The summed E-state index contributed by atoms with van der Waals surface area (Å²) < 4.78 is 77.2. The van der Waals surface area contributed by atoms with Crippen LogP contribution in [-0.4, -0.2) is 46.7 Å². The quantitative estimate of drug-likeness (QED) is 0.389. The summed E-state index contributed by atoms with van der Waals surface area (Å²) in [5.74, 6) is -2.82. The van der Waals surface area contributed by atoms with Crippen LogP contribution in [0.15, 0.2) is 46.4 Å². The van der Waals surface area contributed by atoms with Crippen LogP contribution >= 0.6 is 0 Å². The van der Waals surface area contributed by atoms with Gasteiger partial charge in [0.05, 0.1) is 23.2 Å². The smallest absolute Gasteiger partial charge is 0.550 e. The number of aromatic hydroxyl groups is 2. The summed E-state index contributed by atoms with van der Waals surface area (Å²) in [5, 5.41) is 37.4. The minimum absolute atomic E-state index is 0. The average molecular weight is 635 g/mol. The molecule has 0 aromatic heterocycles. The molecule has 2 aromatic carbocycles. The third kappa shape index (κ3) is 14.6. The third-order valence-electron chi connectivity index (χ3n) is 5.18. The van der Waals surface area contributed by atoms with E-state index in [2.05, 4.69) is 9.98 Å². The molecule has 1 aliphatic rings. The first kappa shape index (κ1) is 37.4. The Kier molecular flexibility index (Phi) is 15.2. The Morgan fingerprint density at radius 2 is 1.10 bits per heavy atom. The van der Waals surface area contributed by atoms with Gasteiger partial charge in [-0.2, -0.15) is 26.3 Å². The summed E-state index contributed by atoms with van der Waals surface area (Å²) in [6, 6.07) is 4.56. The normalized spacial score (nSPS) is 17.1. The molecule has 2 atom stereocenters. The van der Waals surface area contributed by atoms with E-state index in [1.165, 1.54) is 12.4 Å². The number of hydrogen-bond donors (Lipinski definition) is 2. The zero-order chi connectivity index (χ0) is 30.7. The zero-order valence-corrected chi connectivity index (χ0v) is 22.7. The Hall–Kier alpha value is -3.59. The zero-order valence-electron chi connectivity index (χ0n) is 21.6. The number of halogens is 6. The van der Waals surface area contributed by atoms with Crippen LogP contribution in [0, 0.1) is 0 Å². The van der Waals surface area contributed by atoms with E-state index in [0.717, 1.165) is 50.2 Å². The fraction of sp³-hybridized carbons (Fsp3) is 0.385. The molecule has 1 radical (unpaired) electrons. The molecule has 0 heterocycles. The van der Waals surface area contributed by atoms with E-state index < -0.39 is 35.4 Å². The van der Waals surface area contributed by atoms with Gasteiger partial charge >= 0.3 is 29.1 Å². The molecule has 3 rings (SSSR count). The fourth-order valence-electron chi connectivity index (χ4n) is 3.45. The van der Waals surface area contributed by atoms with Crippen molar-refractivity contribution in [2.75, 3.05) is 0 Å². The van der Waals surface area contributed by atoms with Gasteiger partial charge in [0.25, 0.3) is 0 Å². The van der Waals surface area contributed by atoms with E-state index in [9.17, 15) is 36.6 Å². The predicted octanol–water partition coefficient (Wildman–Crippen LogP) is 3.49. The van der Waals surface area contributed by atoms with Crippen molar-refractivity contribution in [2.45, 2.75) is 64.0 Å². The van der Waals surface area contributed by atoms with E-state index in [0.29, 0.717) is 25.7 Å². The molecule has 0 spiro atoms. The van der Waals surface area contributed by atoms with Gasteiger partial charge < -0.3 is 30.0 Å². The molecule has 0 bridgehead atoms. The van der Waals surface area contributed by atoms with E-state index in [4.69, 9.17) is 19.8 Å². The van der Waals surface area contributed by atoms with Gasteiger partial charge in [-0.25, -0.2) is 0 Å². The van der Waals surface area contributed by atoms with Crippen molar-refractivity contribution in [3.8, 4) is 11.5 Å². The van der Waals surface area contributed by atoms with Gasteiger partial charge in [0.2, 0.25) is 0 Å². The summed E-state index contributed by atoms with van der Waals surface area (Å²) >= 11 is 0. The Labute approximate surface area is 241 Å². The summed E-state index contributed by atoms with van der Waals surface area (Å²) in [6.45, 7) is 1.94. The van der Waals surface area contributed by atoms with Crippen molar-refractivity contribution in [2.24, 2.45) is 9.98 Å². The summed E-state index contributed by atoms with van der Waals surface area (Å²) in [7, 11) is 0. The van der Waals surface area contributed by atoms with E-state index in [1.54, 1.807) is 0 Å². The second-order valence-corrected chi connectivity index (χ2v) is 8.56. The van der Waals surface area contributed by atoms with Crippen molar-refractivity contribution in [1.29, 1.82) is 0 Å². The Morgan fingerprint density at radius 3 is 1.39 bits per heavy atom. The molecule has 41 heavy (non-hydrogen) atoms. The third-order valence-corrected chi connectivity index (χ3v) is 5.18. The van der Waals surface area contributed by atoms with Crippen molar-refractivity contribution >= 4 is 24.4 Å². The van der Waals surface area contributed by atoms with Gasteiger partial charge in [0, 0.05) is 35.5 Å². The maximum atomic E-state index is 12.9. The first-order valence-electron chi connectivity index (χ1n) is 11.6. The number of phenolic OH excluding ortho intramolecular Hbond substituents is 2. The van der Waals surface area contributed by atoms with Gasteiger partial charge in [-0.05, 0) is 75.9 Å². The van der Waals surface area contributed by atoms with Crippen LogP contribution in [0.5, 0.6) is 11.5 Å². The maximum absolute atomic E-state index is 12.9. The summed E-state index contributed by atoms with van der Waals surface area (Å²) in [6.07, 6.45) is -4.22. The molecule has 2 N–H and O–H groups in total. The molecule has 1 aliphatic carbocycles. The number of carboxylic acids is 2. The van der Waals surface area contributed by atoms with E-state index >= 15 is 0 Å². The van der Waals surface area contributed by atoms with Crippen LogP contribution in [0.1, 0.15) is 61.8 Å². The number of benzene rings is 2. The fourth-order valence-corrected chi connectivity index (χ4v) is 3.45. The van der Waals surface area contributed by atoms with Crippen molar-refractivity contribution in [1.82, 2.24) is 0 Å². The van der Waals surface area contributed by atoms with Gasteiger partial charge in [-0.1, -0.05) is 0 Å². The molecule has 0 amide bonds. The van der Waals surface area contributed by atoms with E-state index in [-0.39, 0.29) is 51.5 Å². The molecule has 2 aromatic rings. The SMILES string of the molecule is CC(=O)[O-].CC(=O)[O-].Oc1ccc(C(F)(F)F)cc1C=NC1CCCC(N=Cc2cc(C(F)(F)F)ccc2O)C1.[Co+2]. The Balaban J connectivity index is 0.00000158. The number of aliphatic imine (C=N–C) groups is 2. The van der Waals surface area contributed by atoms with Crippen molar-refractivity contribution < 1.29 is 73.1 Å². The molecule has 227 valence electrons. The van der Waals surface area contributed by atoms with Crippen LogP contribution in [0.25, 0.3) is 0 Å². The number of rotatable bonds is 4. The number of alkyl halides is 6. The van der Waals surface area contributed by atoms with Crippen molar-refractivity contribution in [3.63, 3.8) is 0 Å². The molecular formula is C26H26CoF6N2O6. The number of phenols is 2. The second-order valence-electron chi connectivity index (χ2n) is 8.56. The molecule has 15 heteroatoms.